The fourth-order valence-corrected chi connectivity index (χ4v) is 1.91. The average molecular weight is 253 g/mol. The van der Waals surface area contributed by atoms with Crippen LogP contribution in [-0.2, 0) is 4.79 Å². The number of carbonyl (C=O) groups is 1. The van der Waals surface area contributed by atoms with E-state index in [1.807, 2.05) is 37.3 Å². The summed E-state index contributed by atoms with van der Waals surface area (Å²) in [5.41, 5.74) is 1.00. The van der Waals surface area contributed by atoms with Crippen LogP contribution in [0.3, 0.4) is 0 Å². The predicted octanol–water partition coefficient (Wildman–Crippen LogP) is 3.66. The second-order valence-corrected chi connectivity index (χ2v) is 4.13. The van der Waals surface area contributed by atoms with Gasteiger partial charge in [0.15, 0.2) is 0 Å². The molecule has 1 unspecified atom stereocenters. The summed E-state index contributed by atoms with van der Waals surface area (Å²) in [6, 6.07) is 9.70. The van der Waals surface area contributed by atoms with Crippen molar-refractivity contribution in [3.05, 3.63) is 47.0 Å². The summed E-state index contributed by atoms with van der Waals surface area (Å²) in [7, 11) is 0. The smallest absolute Gasteiger partial charge is 0.144 e. The number of hydrogen-bond acceptors (Lipinski definition) is 1. The molecule has 14 heavy (non-hydrogen) atoms. The Balaban J connectivity index is 3.01. The van der Waals surface area contributed by atoms with Gasteiger partial charge in [0, 0.05) is 10.9 Å². The molecule has 0 bridgehead atoms. The molecule has 1 atom stereocenters. The van der Waals surface area contributed by atoms with Crippen LogP contribution in [0.5, 0.6) is 0 Å². The highest BCUT2D eigenvalue weighted by molar-refractivity contribution is 9.11. The number of ketones is 1. The topological polar surface area (TPSA) is 17.1 Å². The van der Waals surface area contributed by atoms with Crippen LogP contribution in [0.25, 0.3) is 0 Å². The van der Waals surface area contributed by atoms with E-state index in [9.17, 15) is 4.79 Å². The average Bonchev–Trinajstić information content (AvgIpc) is 2.19. The van der Waals surface area contributed by atoms with E-state index < -0.39 is 0 Å². The molecule has 0 aliphatic heterocycles. The normalized spacial score (nSPS) is 12.1. The lowest BCUT2D eigenvalue weighted by Gasteiger charge is -2.13. The van der Waals surface area contributed by atoms with Gasteiger partial charge in [-0.1, -0.05) is 59.8 Å². The van der Waals surface area contributed by atoms with Crippen LogP contribution < -0.4 is 0 Å². The quantitative estimate of drug-likeness (QED) is 0.800. The molecular formula is C12H13BrO. The Morgan fingerprint density at radius 3 is 2.43 bits per heavy atom. The summed E-state index contributed by atoms with van der Waals surface area (Å²) in [4.78, 5) is 11.7. The maximum Gasteiger partial charge on any atom is 0.144 e. The van der Waals surface area contributed by atoms with Gasteiger partial charge in [-0.05, 0) is 5.56 Å². The molecule has 74 valence electrons. The summed E-state index contributed by atoms with van der Waals surface area (Å²) in [6.45, 7) is 5.67. The second kappa shape index (κ2) is 5.11. The summed E-state index contributed by atoms with van der Waals surface area (Å²) in [6.07, 6.45) is 0.532. The van der Waals surface area contributed by atoms with Crippen LogP contribution in [0.4, 0.5) is 0 Å². The first-order chi connectivity index (χ1) is 6.66. The second-order valence-electron chi connectivity index (χ2n) is 3.11. The Kier molecular flexibility index (Phi) is 4.08. The maximum atomic E-state index is 11.7. The van der Waals surface area contributed by atoms with Crippen molar-refractivity contribution in [3.63, 3.8) is 0 Å². The summed E-state index contributed by atoms with van der Waals surface area (Å²) in [5.74, 6) is -0.0146. The molecule has 0 N–H and O–H groups in total. The molecule has 2 heteroatoms. The number of allylic oxidation sites excluding steroid dienone is 1. The van der Waals surface area contributed by atoms with E-state index in [2.05, 4.69) is 22.5 Å². The minimum atomic E-state index is -0.207. The summed E-state index contributed by atoms with van der Waals surface area (Å²) in [5, 5.41) is 0. The van der Waals surface area contributed by atoms with Crippen molar-refractivity contribution >= 4 is 21.7 Å². The lowest BCUT2D eigenvalue weighted by atomic mass is 9.93. The van der Waals surface area contributed by atoms with Crippen molar-refractivity contribution < 1.29 is 4.79 Å². The van der Waals surface area contributed by atoms with Crippen LogP contribution in [0.1, 0.15) is 24.8 Å². The molecule has 0 aromatic heterocycles. The molecule has 0 aliphatic carbocycles. The van der Waals surface area contributed by atoms with Crippen LogP contribution in [0.15, 0.2) is 41.4 Å². The van der Waals surface area contributed by atoms with E-state index in [1.165, 1.54) is 0 Å². The Morgan fingerprint density at radius 2 is 2.00 bits per heavy atom. The van der Waals surface area contributed by atoms with Crippen molar-refractivity contribution in [2.24, 2.45) is 0 Å². The number of halogens is 1. The van der Waals surface area contributed by atoms with E-state index in [0.717, 1.165) is 10.0 Å². The first-order valence-corrected chi connectivity index (χ1v) is 5.38. The van der Waals surface area contributed by atoms with Crippen molar-refractivity contribution in [1.29, 1.82) is 0 Å². The third-order valence-corrected chi connectivity index (χ3v) is 2.57. The number of rotatable bonds is 4. The molecule has 0 heterocycles. The molecule has 0 aliphatic rings. The Morgan fingerprint density at radius 1 is 1.43 bits per heavy atom. The van der Waals surface area contributed by atoms with Crippen molar-refractivity contribution in [2.75, 3.05) is 0 Å². The molecule has 1 rings (SSSR count). The third kappa shape index (κ3) is 2.55. The zero-order valence-electron chi connectivity index (χ0n) is 8.16. The maximum absolute atomic E-state index is 11.7. The minimum absolute atomic E-state index is 0.193. The van der Waals surface area contributed by atoms with Crippen molar-refractivity contribution in [3.8, 4) is 0 Å². The molecular weight excluding hydrogens is 240 g/mol. The van der Waals surface area contributed by atoms with Gasteiger partial charge in [0.05, 0.1) is 5.92 Å². The highest BCUT2D eigenvalue weighted by Gasteiger charge is 2.19. The Labute approximate surface area is 93.0 Å². The molecule has 0 saturated carbocycles. The van der Waals surface area contributed by atoms with Crippen LogP contribution in [-0.4, -0.2) is 5.78 Å². The van der Waals surface area contributed by atoms with Crippen molar-refractivity contribution in [1.82, 2.24) is 0 Å². The predicted molar refractivity (Wildman–Crippen MR) is 62.5 cm³/mol. The van der Waals surface area contributed by atoms with Gasteiger partial charge in [0.2, 0.25) is 0 Å². The first kappa shape index (κ1) is 11.2. The largest absolute Gasteiger partial charge is 0.299 e. The van der Waals surface area contributed by atoms with E-state index in [-0.39, 0.29) is 11.7 Å². The lowest BCUT2D eigenvalue weighted by Crippen LogP contribution is -2.10. The van der Waals surface area contributed by atoms with Crippen LogP contribution in [0, 0.1) is 0 Å². The number of hydrogen-bond donors (Lipinski definition) is 0. The van der Waals surface area contributed by atoms with E-state index in [1.54, 1.807) is 0 Å². The van der Waals surface area contributed by atoms with E-state index >= 15 is 0 Å². The van der Waals surface area contributed by atoms with Crippen molar-refractivity contribution in [2.45, 2.75) is 19.3 Å². The third-order valence-electron chi connectivity index (χ3n) is 2.12. The van der Waals surface area contributed by atoms with Gasteiger partial charge in [0.25, 0.3) is 0 Å². The molecule has 0 saturated heterocycles. The zero-order valence-corrected chi connectivity index (χ0v) is 9.75. The van der Waals surface area contributed by atoms with Gasteiger partial charge in [-0.2, -0.15) is 0 Å². The standard InChI is InChI=1S/C12H13BrO/c1-3-11(14)12(9(2)13)10-7-5-4-6-8-10/h4-8,12H,2-3H2,1H3. The van der Waals surface area contributed by atoms with Crippen LogP contribution in [0.2, 0.25) is 0 Å². The highest BCUT2D eigenvalue weighted by Crippen LogP contribution is 2.28. The molecule has 1 aromatic rings. The number of carbonyl (C=O) groups excluding carboxylic acids is 1. The summed E-state index contributed by atoms with van der Waals surface area (Å²) >= 11 is 3.30. The highest BCUT2D eigenvalue weighted by atomic mass is 79.9. The number of benzene rings is 1. The fraction of sp³-hybridized carbons (Fsp3) is 0.250. The van der Waals surface area contributed by atoms with Gasteiger partial charge >= 0.3 is 0 Å². The van der Waals surface area contributed by atoms with Gasteiger partial charge in [-0.15, -0.1) is 0 Å². The van der Waals surface area contributed by atoms with Crippen LogP contribution >= 0.6 is 15.9 Å². The SMILES string of the molecule is C=C(Br)C(C(=O)CC)c1ccccc1. The number of Topliss-reactive ketones (excluding diaryl/α,β-unsaturated/α-hetero) is 1. The lowest BCUT2D eigenvalue weighted by molar-refractivity contribution is -0.119. The molecule has 0 fully saturated rings. The fourth-order valence-electron chi connectivity index (χ4n) is 1.39. The Bertz CT molecular complexity index is 329. The van der Waals surface area contributed by atoms with E-state index in [0.29, 0.717) is 6.42 Å². The van der Waals surface area contributed by atoms with E-state index in [4.69, 9.17) is 0 Å². The molecule has 0 amide bonds. The minimum Gasteiger partial charge on any atom is -0.299 e. The molecule has 0 radical (unpaired) electrons. The van der Waals surface area contributed by atoms with Gasteiger partial charge in [-0.25, -0.2) is 0 Å². The molecule has 0 spiro atoms. The first-order valence-electron chi connectivity index (χ1n) is 4.58. The Hall–Kier alpha value is -0.890. The zero-order chi connectivity index (χ0) is 10.6. The molecule has 1 nitrogen and oxygen atoms in total. The molecule has 1 aromatic carbocycles. The van der Waals surface area contributed by atoms with Gasteiger partial charge in [0.1, 0.15) is 5.78 Å². The summed E-state index contributed by atoms with van der Waals surface area (Å²) < 4.78 is 0.732. The monoisotopic (exact) mass is 252 g/mol. The van der Waals surface area contributed by atoms with Gasteiger partial charge < -0.3 is 0 Å². The van der Waals surface area contributed by atoms with Gasteiger partial charge in [-0.3, -0.25) is 4.79 Å².